The van der Waals surface area contributed by atoms with Gasteiger partial charge in [0.2, 0.25) is 0 Å². The summed E-state index contributed by atoms with van der Waals surface area (Å²) in [7, 11) is 0. The lowest BCUT2D eigenvalue weighted by molar-refractivity contribution is 0.112. The molecule has 0 radical (unpaired) electrons. The Kier molecular flexibility index (Phi) is 2.14. The van der Waals surface area contributed by atoms with E-state index in [0.29, 0.717) is 5.56 Å². The molecule has 2 aromatic rings. The van der Waals surface area contributed by atoms with Gasteiger partial charge in [0, 0.05) is 23.0 Å². The van der Waals surface area contributed by atoms with Gasteiger partial charge in [0.1, 0.15) is 5.82 Å². The molecule has 0 bridgehead atoms. The summed E-state index contributed by atoms with van der Waals surface area (Å²) in [6.45, 7) is 0. The molecule has 0 saturated carbocycles. The molecule has 70 valence electrons. The summed E-state index contributed by atoms with van der Waals surface area (Å²) < 4.78 is 12.9. The van der Waals surface area contributed by atoms with Crippen molar-refractivity contribution in [2.24, 2.45) is 0 Å². The van der Waals surface area contributed by atoms with Gasteiger partial charge in [-0.1, -0.05) is 12.1 Å². The molecule has 1 aromatic carbocycles. The highest BCUT2D eigenvalue weighted by Crippen LogP contribution is 2.18. The standard InChI is InChI=1S/C11H8FNO/c12-10-3-1-2-9(5-10)11-4-8(7-14)6-13-11/h1-7,13H. The minimum Gasteiger partial charge on any atom is -0.360 e. The Labute approximate surface area is 80.4 Å². The maximum atomic E-state index is 12.9. The van der Waals surface area contributed by atoms with Crippen molar-refractivity contribution >= 4 is 6.29 Å². The zero-order chi connectivity index (χ0) is 9.97. The number of benzene rings is 1. The molecule has 0 saturated heterocycles. The minimum atomic E-state index is -0.287. The number of aromatic amines is 1. The van der Waals surface area contributed by atoms with Gasteiger partial charge in [-0.25, -0.2) is 4.39 Å². The fourth-order valence-electron chi connectivity index (χ4n) is 1.30. The van der Waals surface area contributed by atoms with Crippen LogP contribution >= 0.6 is 0 Å². The topological polar surface area (TPSA) is 32.9 Å². The lowest BCUT2D eigenvalue weighted by Crippen LogP contribution is -1.78. The molecule has 1 N–H and O–H groups in total. The van der Waals surface area contributed by atoms with Crippen molar-refractivity contribution < 1.29 is 9.18 Å². The molecule has 0 spiro atoms. The van der Waals surface area contributed by atoms with E-state index in [2.05, 4.69) is 4.98 Å². The summed E-state index contributed by atoms with van der Waals surface area (Å²) in [4.78, 5) is 13.3. The molecule has 0 aliphatic heterocycles. The van der Waals surface area contributed by atoms with Crippen molar-refractivity contribution in [2.45, 2.75) is 0 Å². The van der Waals surface area contributed by atoms with Gasteiger partial charge < -0.3 is 4.98 Å². The van der Waals surface area contributed by atoms with Gasteiger partial charge in [-0.15, -0.1) is 0 Å². The normalized spacial score (nSPS) is 10.1. The molecular formula is C11H8FNO. The van der Waals surface area contributed by atoms with Crippen molar-refractivity contribution in [3.8, 4) is 11.3 Å². The first-order valence-electron chi connectivity index (χ1n) is 4.19. The number of carbonyl (C=O) groups excluding carboxylic acids is 1. The zero-order valence-electron chi connectivity index (χ0n) is 7.33. The average Bonchev–Trinajstić information content (AvgIpc) is 2.66. The third kappa shape index (κ3) is 1.57. The zero-order valence-corrected chi connectivity index (χ0v) is 7.33. The maximum absolute atomic E-state index is 12.9. The predicted octanol–water partition coefficient (Wildman–Crippen LogP) is 2.63. The van der Waals surface area contributed by atoms with Crippen LogP contribution in [0.25, 0.3) is 11.3 Å². The second-order valence-corrected chi connectivity index (χ2v) is 2.97. The summed E-state index contributed by atoms with van der Waals surface area (Å²) in [6, 6.07) is 7.89. The number of aldehydes is 1. The fraction of sp³-hybridized carbons (Fsp3) is 0. The number of carbonyl (C=O) groups is 1. The number of nitrogens with one attached hydrogen (secondary N) is 1. The molecule has 14 heavy (non-hydrogen) atoms. The number of H-pyrrole nitrogens is 1. The Morgan fingerprint density at radius 2 is 2.14 bits per heavy atom. The number of aromatic nitrogens is 1. The van der Waals surface area contributed by atoms with E-state index in [0.717, 1.165) is 17.5 Å². The monoisotopic (exact) mass is 189 g/mol. The molecule has 3 heteroatoms. The van der Waals surface area contributed by atoms with Crippen molar-refractivity contribution in [1.82, 2.24) is 4.98 Å². The van der Waals surface area contributed by atoms with Gasteiger partial charge in [-0.05, 0) is 18.2 Å². The lowest BCUT2D eigenvalue weighted by Gasteiger charge is -1.96. The molecule has 0 aliphatic carbocycles. The van der Waals surface area contributed by atoms with E-state index in [4.69, 9.17) is 0 Å². The lowest BCUT2D eigenvalue weighted by atomic mass is 10.1. The molecule has 2 rings (SSSR count). The van der Waals surface area contributed by atoms with Crippen molar-refractivity contribution in [1.29, 1.82) is 0 Å². The van der Waals surface area contributed by atoms with Crippen LogP contribution in [0.5, 0.6) is 0 Å². The van der Waals surface area contributed by atoms with Gasteiger partial charge in [0.25, 0.3) is 0 Å². The predicted molar refractivity (Wildman–Crippen MR) is 51.6 cm³/mol. The summed E-state index contributed by atoms with van der Waals surface area (Å²) in [5.74, 6) is -0.287. The van der Waals surface area contributed by atoms with Gasteiger partial charge in [0.05, 0.1) is 0 Å². The molecule has 0 unspecified atom stereocenters. The second kappa shape index (κ2) is 3.46. The molecule has 1 heterocycles. The Morgan fingerprint density at radius 3 is 2.79 bits per heavy atom. The summed E-state index contributed by atoms with van der Waals surface area (Å²) >= 11 is 0. The highest BCUT2D eigenvalue weighted by molar-refractivity contribution is 5.78. The van der Waals surface area contributed by atoms with E-state index in [1.165, 1.54) is 12.1 Å². The maximum Gasteiger partial charge on any atom is 0.151 e. The van der Waals surface area contributed by atoms with Gasteiger partial charge in [-0.3, -0.25) is 4.79 Å². The Bertz CT molecular complexity index is 462. The van der Waals surface area contributed by atoms with Crippen LogP contribution in [0.15, 0.2) is 36.5 Å². The quantitative estimate of drug-likeness (QED) is 0.724. The van der Waals surface area contributed by atoms with E-state index < -0.39 is 0 Å². The smallest absolute Gasteiger partial charge is 0.151 e. The van der Waals surface area contributed by atoms with E-state index in [-0.39, 0.29) is 5.82 Å². The van der Waals surface area contributed by atoms with Crippen LogP contribution in [0, 0.1) is 5.82 Å². The first-order chi connectivity index (χ1) is 6.79. The average molecular weight is 189 g/mol. The first-order valence-corrected chi connectivity index (χ1v) is 4.19. The highest BCUT2D eigenvalue weighted by Gasteiger charge is 2.01. The van der Waals surface area contributed by atoms with Gasteiger partial charge in [0.15, 0.2) is 6.29 Å². The van der Waals surface area contributed by atoms with Crippen LogP contribution < -0.4 is 0 Å². The fourth-order valence-corrected chi connectivity index (χ4v) is 1.30. The van der Waals surface area contributed by atoms with Crippen LogP contribution in [-0.2, 0) is 0 Å². The summed E-state index contributed by atoms with van der Waals surface area (Å²) in [5.41, 5.74) is 2.04. The number of hydrogen-bond acceptors (Lipinski definition) is 1. The van der Waals surface area contributed by atoms with Crippen molar-refractivity contribution in [2.75, 3.05) is 0 Å². The van der Waals surface area contributed by atoms with Crippen LogP contribution in [-0.4, -0.2) is 11.3 Å². The first kappa shape index (κ1) is 8.69. The molecular weight excluding hydrogens is 181 g/mol. The summed E-state index contributed by atoms with van der Waals surface area (Å²) in [6.07, 6.45) is 2.34. The Hall–Kier alpha value is -1.90. The third-order valence-electron chi connectivity index (χ3n) is 1.98. The minimum absolute atomic E-state index is 0.287. The molecule has 0 fully saturated rings. The van der Waals surface area contributed by atoms with Crippen LogP contribution in [0.4, 0.5) is 4.39 Å². The number of halogens is 1. The van der Waals surface area contributed by atoms with E-state index in [1.54, 1.807) is 24.4 Å². The number of hydrogen-bond donors (Lipinski definition) is 1. The summed E-state index contributed by atoms with van der Waals surface area (Å²) in [5, 5.41) is 0. The van der Waals surface area contributed by atoms with Crippen LogP contribution in [0.2, 0.25) is 0 Å². The van der Waals surface area contributed by atoms with Crippen molar-refractivity contribution in [3.05, 3.63) is 47.9 Å². The van der Waals surface area contributed by atoms with Gasteiger partial charge >= 0.3 is 0 Å². The molecule has 0 aliphatic rings. The number of rotatable bonds is 2. The SMILES string of the molecule is O=Cc1c[nH]c(-c2cccc(F)c2)c1. The highest BCUT2D eigenvalue weighted by atomic mass is 19.1. The molecule has 2 nitrogen and oxygen atoms in total. The Balaban J connectivity index is 2.43. The molecule has 1 aromatic heterocycles. The Morgan fingerprint density at radius 1 is 1.29 bits per heavy atom. The van der Waals surface area contributed by atoms with Crippen LogP contribution in [0.1, 0.15) is 10.4 Å². The van der Waals surface area contributed by atoms with Crippen LogP contribution in [0.3, 0.4) is 0 Å². The van der Waals surface area contributed by atoms with Gasteiger partial charge in [-0.2, -0.15) is 0 Å². The third-order valence-corrected chi connectivity index (χ3v) is 1.98. The largest absolute Gasteiger partial charge is 0.360 e. The van der Waals surface area contributed by atoms with E-state index >= 15 is 0 Å². The van der Waals surface area contributed by atoms with E-state index in [9.17, 15) is 9.18 Å². The van der Waals surface area contributed by atoms with Crippen molar-refractivity contribution in [3.63, 3.8) is 0 Å². The second-order valence-electron chi connectivity index (χ2n) is 2.97. The molecule has 0 amide bonds. The van der Waals surface area contributed by atoms with E-state index in [1.807, 2.05) is 0 Å². The molecule has 0 atom stereocenters.